The second-order valence-electron chi connectivity index (χ2n) is 9.45. The van der Waals surface area contributed by atoms with Crippen LogP contribution in [0.4, 0.5) is 0 Å². The Morgan fingerprint density at radius 3 is 2.31 bits per heavy atom. The number of nitrogens with zero attached hydrogens (tertiary/aromatic N) is 2. The summed E-state index contributed by atoms with van der Waals surface area (Å²) in [6.07, 6.45) is 0.0276. The van der Waals surface area contributed by atoms with Gasteiger partial charge in [0.1, 0.15) is 6.04 Å². The van der Waals surface area contributed by atoms with Crippen LogP contribution >= 0.6 is 0 Å². The number of amides is 1. The highest BCUT2D eigenvalue weighted by Gasteiger charge is 2.31. The number of rotatable bonds is 9. The van der Waals surface area contributed by atoms with Gasteiger partial charge in [-0.1, -0.05) is 56.0 Å². The number of aromatic nitrogens is 1. The molecule has 8 nitrogen and oxygen atoms in total. The lowest BCUT2D eigenvalue weighted by molar-refractivity contribution is -0.122. The molecule has 1 heterocycles. The fourth-order valence-corrected chi connectivity index (χ4v) is 5.53. The molecular weight excluding hydrogens is 462 g/mol. The largest absolute Gasteiger partial charge is 0.380 e. The third kappa shape index (κ3) is 6.04. The van der Waals surface area contributed by atoms with Crippen LogP contribution in [0.5, 0.6) is 0 Å². The number of ether oxygens (including phenoxy) is 1. The summed E-state index contributed by atoms with van der Waals surface area (Å²) in [5.74, 6) is -1.02. The molecule has 9 heteroatoms. The van der Waals surface area contributed by atoms with Crippen LogP contribution in [0.1, 0.15) is 38.9 Å². The lowest BCUT2D eigenvalue weighted by atomic mass is 9.95. The maximum atomic E-state index is 13.6. The van der Waals surface area contributed by atoms with Crippen molar-refractivity contribution in [1.82, 2.24) is 10.1 Å². The monoisotopic (exact) mass is 491 g/mol. The van der Waals surface area contributed by atoms with Crippen molar-refractivity contribution in [3.8, 4) is 6.07 Å². The van der Waals surface area contributed by atoms with Gasteiger partial charge in [-0.25, -0.2) is 0 Å². The molecule has 0 bridgehead atoms. The lowest BCUT2D eigenvalue weighted by Gasteiger charge is -2.27. The van der Waals surface area contributed by atoms with Crippen LogP contribution in [0.2, 0.25) is 19.6 Å². The molecule has 0 spiro atoms. The zero-order valence-electron chi connectivity index (χ0n) is 20.5. The number of carbonyl (C=O) groups is 2. The van der Waals surface area contributed by atoms with Gasteiger partial charge in [0.2, 0.25) is 5.76 Å². The number of carbonyl (C=O) groups excluding carboxylic acids is 2. The maximum Gasteiger partial charge on any atom is 0.293 e. The van der Waals surface area contributed by atoms with E-state index in [1.807, 2.05) is 24.3 Å². The molecule has 0 radical (unpaired) electrons. The third-order valence-electron chi connectivity index (χ3n) is 5.74. The van der Waals surface area contributed by atoms with Crippen LogP contribution in [0, 0.1) is 11.3 Å². The predicted molar refractivity (Wildman–Crippen MR) is 134 cm³/mol. The molecular formula is C26H29N3O5Si. The molecule has 3 aromatic rings. The van der Waals surface area contributed by atoms with Gasteiger partial charge in [-0.15, -0.1) is 0 Å². The summed E-state index contributed by atoms with van der Waals surface area (Å²) in [5.41, 5.74) is 2.27. The average Bonchev–Trinajstić information content (AvgIpc) is 3.25. The molecule has 0 aliphatic carbocycles. The molecule has 0 aliphatic rings. The highest BCUT2D eigenvalue weighted by atomic mass is 28.3. The Hall–Kier alpha value is -3.74. The Balaban J connectivity index is 1.96. The Morgan fingerprint density at radius 1 is 1.11 bits per heavy atom. The Labute approximate surface area is 205 Å². The number of benzene rings is 2. The van der Waals surface area contributed by atoms with E-state index < -0.39 is 25.6 Å². The van der Waals surface area contributed by atoms with Crippen LogP contribution in [-0.2, 0) is 22.6 Å². The summed E-state index contributed by atoms with van der Waals surface area (Å²) >= 11 is 0. The first-order valence-corrected chi connectivity index (χ1v) is 14.6. The number of H-pyrrole nitrogens is 1. The number of likely N-dealkylation sites (N-methyl/N-ethyl adjacent to an activating group) is 1. The fraction of sp³-hybridized carbons (Fsp3) is 0.308. The number of methoxy groups -OCH3 is 1. The first-order valence-electron chi connectivity index (χ1n) is 11.1. The number of hydrogen-bond donors (Lipinski definition) is 1. The van der Waals surface area contributed by atoms with Crippen molar-refractivity contribution >= 4 is 25.0 Å². The summed E-state index contributed by atoms with van der Waals surface area (Å²) < 4.78 is 10.1. The molecule has 182 valence electrons. The van der Waals surface area contributed by atoms with Gasteiger partial charge < -0.3 is 14.2 Å². The van der Waals surface area contributed by atoms with Crippen molar-refractivity contribution in [2.45, 2.75) is 38.7 Å². The molecule has 1 unspecified atom stereocenters. The first kappa shape index (κ1) is 25.9. The average molecular weight is 492 g/mol. The van der Waals surface area contributed by atoms with Crippen molar-refractivity contribution in [2.75, 3.05) is 14.2 Å². The molecule has 35 heavy (non-hydrogen) atoms. The minimum Gasteiger partial charge on any atom is -0.380 e. The van der Waals surface area contributed by atoms with Crippen LogP contribution in [0.3, 0.4) is 0 Å². The molecule has 0 saturated heterocycles. The summed E-state index contributed by atoms with van der Waals surface area (Å²) in [6.45, 7) is 6.91. The lowest BCUT2D eigenvalue weighted by Crippen LogP contribution is -2.40. The van der Waals surface area contributed by atoms with Crippen molar-refractivity contribution in [3.05, 3.63) is 86.9 Å². The van der Waals surface area contributed by atoms with E-state index in [2.05, 4.69) is 30.9 Å². The van der Waals surface area contributed by atoms with Gasteiger partial charge in [0.15, 0.2) is 5.78 Å². The number of aromatic amines is 1. The summed E-state index contributed by atoms with van der Waals surface area (Å²) in [6, 6.07) is 15.2. The van der Waals surface area contributed by atoms with Crippen molar-refractivity contribution in [3.63, 3.8) is 0 Å². The molecule has 2 aromatic carbocycles. The Morgan fingerprint density at radius 2 is 1.77 bits per heavy atom. The normalized spacial score (nSPS) is 12.1. The second-order valence-corrected chi connectivity index (χ2v) is 14.5. The van der Waals surface area contributed by atoms with Crippen molar-refractivity contribution < 1.29 is 18.8 Å². The van der Waals surface area contributed by atoms with E-state index >= 15 is 0 Å². The Bertz CT molecular complexity index is 1310. The zero-order valence-corrected chi connectivity index (χ0v) is 21.5. The second kappa shape index (κ2) is 10.7. The van der Waals surface area contributed by atoms with Crippen LogP contribution in [-0.4, -0.2) is 44.0 Å². The van der Waals surface area contributed by atoms with Gasteiger partial charge in [-0.2, -0.15) is 10.4 Å². The summed E-state index contributed by atoms with van der Waals surface area (Å²) in [5, 5.41) is 12.8. The molecule has 1 amide bonds. The number of nitrogens with one attached hydrogen (secondary N) is 1. The van der Waals surface area contributed by atoms with Gasteiger partial charge >= 0.3 is 0 Å². The fourth-order valence-electron chi connectivity index (χ4n) is 4.01. The first-order chi connectivity index (χ1) is 16.5. The van der Waals surface area contributed by atoms with Crippen molar-refractivity contribution in [2.24, 2.45) is 0 Å². The van der Waals surface area contributed by atoms with Gasteiger partial charge in [0.05, 0.1) is 32.4 Å². The molecule has 0 saturated carbocycles. The number of nitriles is 1. The quantitative estimate of drug-likeness (QED) is 0.460. The predicted octanol–water partition coefficient (Wildman–Crippen LogP) is 3.16. The number of hydrogen-bond acceptors (Lipinski definition) is 6. The van der Waals surface area contributed by atoms with Crippen LogP contribution in [0.15, 0.2) is 57.8 Å². The zero-order chi connectivity index (χ0) is 25.8. The molecule has 1 atom stereocenters. The van der Waals surface area contributed by atoms with E-state index in [1.165, 1.54) is 11.9 Å². The van der Waals surface area contributed by atoms with Gasteiger partial charge in [0, 0.05) is 20.6 Å². The summed E-state index contributed by atoms with van der Waals surface area (Å²) in [4.78, 5) is 39.3. The van der Waals surface area contributed by atoms with Crippen LogP contribution < -0.4 is 10.7 Å². The molecule has 1 aromatic heterocycles. The van der Waals surface area contributed by atoms with Gasteiger partial charge in [0.25, 0.3) is 11.5 Å². The highest BCUT2D eigenvalue weighted by Crippen LogP contribution is 2.25. The number of Topliss-reactive ketones (excluding diaryl/α,β-unsaturated/α-hetero) is 1. The van der Waals surface area contributed by atoms with Crippen molar-refractivity contribution in [1.29, 1.82) is 5.26 Å². The smallest absolute Gasteiger partial charge is 0.293 e. The standard InChI is InChI=1S/C26H29N3O5Si/c1-29(26(32)22-14-24(31)28-34-22)25(19-9-6-17(7-10-19)16-33-2)21(30)13-18-8-11-23(35(3,4)5)20(12-18)15-27/h6-12,14,25H,13,16H2,1-5H3,(H,28,31). The van der Waals surface area contributed by atoms with E-state index in [0.29, 0.717) is 23.3 Å². The van der Waals surface area contributed by atoms with E-state index in [4.69, 9.17) is 9.26 Å². The summed E-state index contributed by atoms with van der Waals surface area (Å²) in [7, 11) is 1.37. The molecule has 0 aliphatic heterocycles. The molecule has 3 rings (SSSR count). The van der Waals surface area contributed by atoms with Gasteiger partial charge in [-0.05, 0) is 27.9 Å². The third-order valence-corrected chi connectivity index (χ3v) is 7.80. The topological polar surface area (TPSA) is 116 Å². The Kier molecular flexibility index (Phi) is 7.89. The number of ketones is 1. The van der Waals surface area contributed by atoms with Gasteiger partial charge in [-0.3, -0.25) is 14.4 Å². The minimum absolute atomic E-state index is 0.0276. The van der Waals surface area contributed by atoms with Crippen LogP contribution in [0.25, 0.3) is 0 Å². The molecule has 0 fully saturated rings. The van der Waals surface area contributed by atoms with E-state index in [0.717, 1.165) is 16.8 Å². The minimum atomic E-state index is -1.73. The van der Waals surface area contributed by atoms with E-state index in [9.17, 15) is 19.6 Å². The van der Waals surface area contributed by atoms with E-state index in [-0.39, 0.29) is 18.0 Å². The van der Waals surface area contributed by atoms with E-state index in [1.54, 1.807) is 25.3 Å². The SMILES string of the molecule is COCc1ccc(C(C(=O)Cc2ccc([Si](C)(C)C)c(C#N)c2)N(C)C(=O)c2cc(=O)[nH]o2)cc1. The molecule has 1 N–H and O–H groups in total. The maximum absolute atomic E-state index is 13.6. The highest BCUT2D eigenvalue weighted by molar-refractivity contribution is 6.89.